The lowest BCUT2D eigenvalue weighted by Gasteiger charge is -2.37. The Bertz CT molecular complexity index is 877. The molecule has 26 heavy (non-hydrogen) atoms. The summed E-state index contributed by atoms with van der Waals surface area (Å²) in [6.45, 7) is 2.26. The molecule has 1 aliphatic heterocycles. The summed E-state index contributed by atoms with van der Waals surface area (Å²) in [6.07, 6.45) is 2.41. The van der Waals surface area contributed by atoms with Gasteiger partial charge in [-0.2, -0.15) is 0 Å². The van der Waals surface area contributed by atoms with E-state index < -0.39 is 11.6 Å². The predicted molar refractivity (Wildman–Crippen MR) is 102 cm³/mol. The van der Waals surface area contributed by atoms with Crippen molar-refractivity contribution < 1.29 is 14.3 Å². The normalized spacial score (nSPS) is 21.7. The minimum atomic E-state index is -1.15. The van der Waals surface area contributed by atoms with E-state index in [4.69, 9.17) is 4.74 Å². The monoisotopic (exact) mass is 413 g/mol. The predicted octanol–water partition coefficient (Wildman–Crippen LogP) is 4.11. The lowest BCUT2D eigenvalue weighted by Crippen LogP contribution is -2.53. The van der Waals surface area contributed by atoms with Gasteiger partial charge in [0.25, 0.3) is 5.91 Å². The molecule has 5 heteroatoms. The van der Waals surface area contributed by atoms with Crippen molar-refractivity contribution in [3.8, 4) is 0 Å². The number of ether oxygens (including phenoxy) is 1. The van der Waals surface area contributed by atoms with Crippen LogP contribution in [0.3, 0.4) is 0 Å². The van der Waals surface area contributed by atoms with Gasteiger partial charge in [-0.1, -0.05) is 46.3 Å². The molecule has 1 unspecified atom stereocenters. The SMILES string of the molecule is CC1(C(=O)N(Cc2cccc(Br)c2)C2CC2)Cc2ccccc2C(=O)O1. The summed E-state index contributed by atoms with van der Waals surface area (Å²) in [7, 11) is 0. The Morgan fingerprint density at radius 3 is 2.73 bits per heavy atom. The van der Waals surface area contributed by atoms with Gasteiger partial charge in [0.05, 0.1) is 5.56 Å². The highest BCUT2D eigenvalue weighted by atomic mass is 79.9. The molecule has 2 aromatic carbocycles. The van der Waals surface area contributed by atoms with E-state index in [-0.39, 0.29) is 11.9 Å². The minimum absolute atomic E-state index is 0.108. The van der Waals surface area contributed by atoms with Crippen LogP contribution >= 0.6 is 15.9 Å². The van der Waals surface area contributed by atoms with Gasteiger partial charge >= 0.3 is 5.97 Å². The van der Waals surface area contributed by atoms with Gasteiger partial charge < -0.3 is 9.64 Å². The highest BCUT2D eigenvalue weighted by Gasteiger charge is 2.47. The molecule has 1 saturated carbocycles. The molecule has 2 aliphatic rings. The lowest BCUT2D eigenvalue weighted by atomic mass is 9.88. The van der Waals surface area contributed by atoms with E-state index in [1.54, 1.807) is 13.0 Å². The van der Waals surface area contributed by atoms with Crippen molar-refractivity contribution in [1.82, 2.24) is 4.90 Å². The topological polar surface area (TPSA) is 46.6 Å². The Hall–Kier alpha value is -2.14. The molecule has 4 rings (SSSR count). The molecule has 0 spiro atoms. The number of fused-ring (bicyclic) bond motifs is 1. The molecule has 0 bridgehead atoms. The summed E-state index contributed by atoms with van der Waals surface area (Å²) >= 11 is 3.48. The highest BCUT2D eigenvalue weighted by molar-refractivity contribution is 9.10. The smallest absolute Gasteiger partial charge is 0.339 e. The molecular formula is C21H20BrNO3. The molecule has 1 aliphatic carbocycles. The third-order valence-electron chi connectivity index (χ3n) is 5.03. The van der Waals surface area contributed by atoms with Gasteiger partial charge in [0.2, 0.25) is 0 Å². The molecule has 2 aromatic rings. The third-order valence-corrected chi connectivity index (χ3v) is 5.52. The van der Waals surface area contributed by atoms with Crippen molar-refractivity contribution >= 4 is 27.8 Å². The Morgan fingerprint density at radius 2 is 2.00 bits per heavy atom. The first-order chi connectivity index (χ1) is 12.5. The first-order valence-electron chi connectivity index (χ1n) is 8.83. The number of nitrogens with zero attached hydrogens (tertiary/aromatic N) is 1. The van der Waals surface area contributed by atoms with E-state index in [2.05, 4.69) is 15.9 Å². The van der Waals surface area contributed by atoms with Gasteiger partial charge in [0.15, 0.2) is 5.60 Å². The Kier molecular flexibility index (Phi) is 4.35. The molecule has 0 N–H and O–H groups in total. The quantitative estimate of drug-likeness (QED) is 0.708. The van der Waals surface area contributed by atoms with Crippen molar-refractivity contribution in [2.45, 2.75) is 44.4 Å². The van der Waals surface area contributed by atoms with Crippen molar-refractivity contribution in [2.75, 3.05) is 0 Å². The fourth-order valence-corrected chi connectivity index (χ4v) is 3.99. The molecule has 4 nitrogen and oxygen atoms in total. The zero-order chi connectivity index (χ0) is 18.3. The van der Waals surface area contributed by atoms with Crippen LogP contribution in [-0.2, 0) is 22.5 Å². The number of hydrogen-bond donors (Lipinski definition) is 0. The van der Waals surface area contributed by atoms with Gasteiger partial charge in [-0.05, 0) is 49.1 Å². The average Bonchev–Trinajstić information content (AvgIpc) is 3.44. The number of carbonyl (C=O) groups is 2. The maximum Gasteiger partial charge on any atom is 0.339 e. The van der Waals surface area contributed by atoms with Crippen LogP contribution in [0.5, 0.6) is 0 Å². The second-order valence-corrected chi connectivity index (χ2v) is 8.16. The molecule has 1 amide bonds. The Morgan fingerprint density at radius 1 is 1.23 bits per heavy atom. The van der Waals surface area contributed by atoms with Crippen LogP contribution in [-0.4, -0.2) is 28.4 Å². The van der Waals surface area contributed by atoms with Crippen LogP contribution in [0.15, 0.2) is 53.0 Å². The molecule has 0 saturated heterocycles. The molecule has 134 valence electrons. The van der Waals surface area contributed by atoms with Crippen LogP contribution in [0.2, 0.25) is 0 Å². The lowest BCUT2D eigenvalue weighted by molar-refractivity contribution is -0.152. The molecule has 1 atom stereocenters. The van der Waals surface area contributed by atoms with Gasteiger partial charge in [-0.15, -0.1) is 0 Å². The van der Waals surface area contributed by atoms with Crippen LogP contribution < -0.4 is 0 Å². The minimum Gasteiger partial charge on any atom is -0.445 e. The van der Waals surface area contributed by atoms with Crippen LogP contribution in [0, 0.1) is 0 Å². The Balaban J connectivity index is 1.61. The zero-order valence-electron chi connectivity index (χ0n) is 14.6. The molecule has 0 radical (unpaired) electrons. The van der Waals surface area contributed by atoms with E-state index in [1.165, 1.54) is 0 Å². The summed E-state index contributed by atoms with van der Waals surface area (Å²) in [5.74, 6) is -0.524. The van der Waals surface area contributed by atoms with Crippen LogP contribution in [0.25, 0.3) is 0 Å². The number of rotatable bonds is 4. The molecule has 0 aromatic heterocycles. The second-order valence-electron chi connectivity index (χ2n) is 7.25. The van der Waals surface area contributed by atoms with Gasteiger partial charge in [-0.25, -0.2) is 4.79 Å². The van der Waals surface area contributed by atoms with E-state index in [9.17, 15) is 9.59 Å². The second kappa shape index (κ2) is 6.54. The number of benzene rings is 2. The molecule has 1 heterocycles. The van der Waals surface area contributed by atoms with Gasteiger partial charge in [-0.3, -0.25) is 4.79 Å². The first-order valence-corrected chi connectivity index (χ1v) is 9.62. The summed E-state index contributed by atoms with van der Waals surface area (Å²) in [6, 6.07) is 15.6. The number of esters is 1. The standard InChI is InChI=1S/C21H20BrNO3/c1-21(12-15-6-2-3-8-18(15)19(24)26-21)20(25)23(17-9-10-17)13-14-5-4-7-16(22)11-14/h2-8,11,17H,9-10,12-13H2,1H3. The van der Waals surface area contributed by atoms with Crippen molar-refractivity contribution in [3.63, 3.8) is 0 Å². The first kappa shape index (κ1) is 17.3. The summed E-state index contributed by atoms with van der Waals surface area (Å²) in [5.41, 5.74) is 1.34. The summed E-state index contributed by atoms with van der Waals surface area (Å²) < 4.78 is 6.63. The number of halogens is 1. The van der Waals surface area contributed by atoms with E-state index >= 15 is 0 Å². The average molecular weight is 414 g/mol. The fraction of sp³-hybridized carbons (Fsp3) is 0.333. The fourth-order valence-electron chi connectivity index (χ4n) is 3.54. The van der Waals surface area contributed by atoms with Crippen LogP contribution in [0.4, 0.5) is 0 Å². The zero-order valence-corrected chi connectivity index (χ0v) is 16.2. The molecule has 1 fully saturated rings. The van der Waals surface area contributed by atoms with Gasteiger partial charge in [0.1, 0.15) is 0 Å². The summed E-state index contributed by atoms with van der Waals surface area (Å²) in [4.78, 5) is 27.7. The van der Waals surface area contributed by atoms with Gasteiger partial charge in [0, 0.05) is 23.5 Å². The Labute approximate surface area is 161 Å². The summed E-state index contributed by atoms with van der Waals surface area (Å²) in [5, 5.41) is 0. The van der Waals surface area contributed by atoms with E-state index in [0.717, 1.165) is 28.4 Å². The maximum absolute atomic E-state index is 13.4. The number of carbonyl (C=O) groups excluding carboxylic acids is 2. The van der Waals surface area contributed by atoms with E-state index in [0.29, 0.717) is 18.5 Å². The highest BCUT2D eigenvalue weighted by Crippen LogP contribution is 2.35. The number of amides is 1. The number of cyclic esters (lactones) is 1. The van der Waals surface area contributed by atoms with Crippen molar-refractivity contribution in [3.05, 3.63) is 69.7 Å². The number of hydrogen-bond acceptors (Lipinski definition) is 3. The maximum atomic E-state index is 13.4. The largest absolute Gasteiger partial charge is 0.445 e. The van der Waals surface area contributed by atoms with Crippen molar-refractivity contribution in [2.24, 2.45) is 0 Å². The van der Waals surface area contributed by atoms with E-state index in [1.807, 2.05) is 47.4 Å². The van der Waals surface area contributed by atoms with Crippen LogP contribution in [0.1, 0.15) is 41.3 Å². The third kappa shape index (κ3) is 3.28. The van der Waals surface area contributed by atoms with Crippen molar-refractivity contribution in [1.29, 1.82) is 0 Å². The molecular weight excluding hydrogens is 394 g/mol.